The second-order valence-electron chi connectivity index (χ2n) is 7.44. The van der Waals surface area contributed by atoms with Crippen LogP contribution in [0.5, 0.6) is 0 Å². The molecule has 5 rings (SSSR count). The Kier molecular flexibility index (Phi) is 4.05. The molecule has 0 saturated carbocycles. The van der Waals surface area contributed by atoms with Crippen LogP contribution in [-0.4, -0.2) is 20.5 Å². The summed E-state index contributed by atoms with van der Waals surface area (Å²) >= 11 is 6.03. The number of aromatic nitrogens is 3. The summed E-state index contributed by atoms with van der Waals surface area (Å²) in [5.74, 6) is 0.957. The van der Waals surface area contributed by atoms with Crippen LogP contribution in [-0.2, 0) is 4.79 Å². The maximum absolute atomic E-state index is 13.3. The Bertz CT molecular complexity index is 1080. The number of hydrogen-bond acceptors (Lipinski definition) is 4. The van der Waals surface area contributed by atoms with Gasteiger partial charge in [0.1, 0.15) is 12.4 Å². The number of Topliss-reactive ketones (excluding diaryl/α,β-unsaturated/α-hetero) is 1. The van der Waals surface area contributed by atoms with Crippen molar-refractivity contribution in [3.63, 3.8) is 0 Å². The second-order valence-corrected chi connectivity index (χ2v) is 7.87. The maximum Gasteiger partial charge on any atom is 0.226 e. The van der Waals surface area contributed by atoms with E-state index < -0.39 is 0 Å². The van der Waals surface area contributed by atoms with Crippen molar-refractivity contribution in [1.29, 1.82) is 0 Å². The summed E-state index contributed by atoms with van der Waals surface area (Å²) in [6.45, 7) is 2.06. The smallest absolute Gasteiger partial charge is 0.226 e. The van der Waals surface area contributed by atoms with Crippen LogP contribution in [0.25, 0.3) is 0 Å². The van der Waals surface area contributed by atoms with E-state index in [1.165, 1.54) is 11.9 Å². The number of benzene rings is 2. The van der Waals surface area contributed by atoms with Gasteiger partial charge in [-0.25, -0.2) is 4.68 Å². The third-order valence-electron chi connectivity index (χ3n) is 5.60. The van der Waals surface area contributed by atoms with Gasteiger partial charge in [-0.15, -0.1) is 0 Å². The molecule has 0 fully saturated rings. The van der Waals surface area contributed by atoms with Gasteiger partial charge in [0.25, 0.3) is 0 Å². The minimum atomic E-state index is -0.243. The van der Waals surface area contributed by atoms with Crippen molar-refractivity contribution >= 4 is 23.3 Å². The molecule has 28 heavy (non-hydrogen) atoms. The zero-order valence-electron chi connectivity index (χ0n) is 15.4. The van der Waals surface area contributed by atoms with Gasteiger partial charge in [-0.05, 0) is 42.5 Å². The average Bonchev–Trinajstić information content (AvgIpc) is 3.16. The van der Waals surface area contributed by atoms with Gasteiger partial charge in [-0.1, -0.05) is 53.6 Å². The van der Waals surface area contributed by atoms with Crippen molar-refractivity contribution in [2.45, 2.75) is 31.7 Å². The first kappa shape index (κ1) is 17.2. The summed E-state index contributed by atoms with van der Waals surface area (Å²) in [5.41, 5.74) is 5.10. The van der Waals surface area contributed by atoms with Crippen molar-refractivity contribution in [3.8, 4) is 0 Å². The molecule has 1 aliphatic carbocycles. The molecular formula is C22H19ClN4O. The standard InChI is InChI=1S/C22H19ClN4O/c1-13-2-4-15(5-3-13)21-20-18(26-22-24-12-25-27(21)22)10-16(11-19(20)28)14-6-8-17(23)9-7-14/h2-9,12,16,21H,10-11H2,1H3,(H,24,25,26)/t16-,21+/m0/s1. The minimum absolute atomic E-state index is 0.129. The topological polar surface area (TPSA) is 59.8 Å². The number of nitrogens with one attached hydrogen (secondary N) is 1. The summed E-state index contributed by atoms with van der Waals surface area (Å²) in [7, 11) is 0. The van der Waals surface area contributed by atoms with Gasteiger partial charge in [0.2, 0.25) is 5.95 Å². The van der Waals surface area contributed by atoms with Gasteiger partial charge < -0.3 is 5.32 Å². The highest BCUT2D eigenvalue weighted by molar-refractivity contribution is 6.30. The Labute approximate surface area is 168 Å². The lowest BCUT2D eigenvalue weighted by Gasteiger charge is -2.35. The summed E-state index contributed by atoms with van der Waals surface area (Å²) in [5, 5.41) is 8.45. The Hall–Kier alpha value is -2.92. The SMILES string of the molecule is Cc1ccc([C@@H]2C3=C(C[C@H](c4ccc(Cl)cc4)CC3=O)Nc3ncnn32)cc1. The molecule has 0 amide bonds. The van der Waals surface area contributed by atoms with E-state index >= 15 is 0 Å². The first-order valence-corrected chi connectivity index (χ1v) is 9.73. The molecule has 6 heteroatoms. The van der Waals surface area contributed by atoms with Crippen LogP contribution in [0.2, 0.25) is 5.02 Å². The number of hydrogen-bond donors (Lipinski definition) is 1. The third kappa shape index (κ3) is 2.83. The number of ketones is 1. The van der Waals surface area contributed by atoms with E-state index in [1.807, 2.05) is 28.9 Å². The molecule has 5 nitrogen and oxygen atoms in total. The zero-order chi connectivity index (χ0) is 19.3. The summed E-state index contributed by atoms with van der Waals surface area (Å²) in [6, 6.07) is 15.8. The number of fused-ring (bicyclic) bond motifs is 1. The minimum Gasteiger partial charge on any atom is -0.328 e. The fourth-order valence-corrected chi connectivity index (χ4v) is 4.31. The summed E-state index contributed by atoms with van der Waals surface area (Å²) in [4.78, 5) is 17.6. The molecular weight excluding hydrogens is 372 g/mol. The van der Waals surface area contributed by atoms with Crippen LogP contribution in [0.3, 0.4) is 0 Å². The Morgan fingerprint density at radius 2 is 1.75 bits per heavy atom. The molecule has 3 aromatic rings. The number of nitrogens with zero attached hydrogens (tertiary/aromatic N) is 3. The highest BCUT2D eigenvalue weighted by Crippen LogP contribution is 2.43. The molecule has 0 spiro atoms. The van der Waals surface area contributed by atoms with Gasteiger partial charge in [0.05, 0.1) is 0 Å². The second kappa shape index (κ2) is 6.60. The van der Waals surface area contributed by atoms with Crippen molar-refractivity contribution in [3.05, 3.63) is 87.8 Å². The Morgan fingerprint density at radius 1 is 1.04 bits per heavy atom. The number of rotatable bonds is 2. The van der Waals surface area contributed by atoms with Gasteiger partial charge in [0, 0.05) is 22.7 Å². The molecule has 2 aromatic carbocycles. The zero-order valence-corrected chi connectivity index (χ0v) is 16.1. The Balaban J connectivity index is 1.58. The summed E-state index contributed by atoms with van der Waals surface area (Å²) in [6.07, 6.45) is 2.77. The highest BCUT2D eigenvalue weighted by Gasteiger charge is 2.39. The lowest BCUT2D eigenvalue weighted by Crippen LogP contribution is -2.33. The fraction of sp³-hybridized carbons (Fsp3) is 0.227. The molecule has 0 bridgehead atoms. The van der Waals surface area contributed by atoms with Crippen LogP contribution >= 0.6 is 11.6 Å². The number of anilines is 1. The molecule has 1 aromatic heterocycles. The van der Waals surface area contributed by atoms with E-state index in [1.54, 1.807) is 0 Å². The van der Waals surface area contributed by atoms with E-state index in [9.17, 15) is 4.79 Å². The van der Waals surface area contributed by atoms with Gasteiger partial charge in [-0.2, -0.15) is 10.1 Å². The lowest BCUT2D eigenvalue weighted by atomic mass is 9.78. The van der Waals surface area contributed by atoms with Gasteiger partial charge >= 0.3 is 0 Å². The molecule has 2 atom stereocenters. The number of carbonyl (C=O) groups excluding carboxylic acids is 1. The number of halogens is 1. The Morgan fingerprint density at radius 3 is 2.50 bits per heavy atom. The largest absolute Gasteiger partial charge is 0.328 e. The van der Waals surface area contributed by atoms with Crippen molar-refractivity contribution in [2.24, 2.45) is 0 Å². The van der Waals surface area contributed by atoms with E-state index in [0.717, 1.165) is 28.8 Å². The average molecular weight is 391 g/mol. The van der Waals surface area contributed by atoms with Gasteiger partial charge in [-0.3, -0.25) is 4.79 Å². The molecule has 1 aliphatic heterocycles. The highest BCUT2D eigenvalue weighted by atomic mass is 35.5. The van der Waals surface area contributed by atoms with Crippen LogP contribution in [0.4, 0.5) is 5.95 Å². The van der Waals surface area contributed by atoms with Crippen LogP contribution < -0.4 is 5.32 Å². The van der Waals surface area contributed by atoms with Gasteiger partial charge in [0.15, 0.2) is 5.78 Å². The summed E-state index contributed by atoms with van der Waals surface area (Å²) < 4.78 is 1.81. The molecule has 0 saturated heterocycles. The normalized spacial score (nSPS) is 21.1. The molecule has 1 N–H and O–H groups in total. The van der Waals surface area contributed by atoms with Crippen LogP contribution in [0.1, 0.15) is 41.5 Å². The fourth-order valence-electron chi connectivity index (χ4n) is 4.18. The predicted molar refractivity (Wildman–Crippen MR) is 108 cm³/mol. The quantitative estimate of drug-likeness (QED) is 0.691. The molecule has 0 radical (unpaired) electrons. The number of allylic oxidation sites excluding steroid dienone is 2. The monoisotopic (exact) mass is 390 g/mol. The predicted octanol–water partition coefficient (Wildman–Crippen LogP) is 4.66. The van der Waals surface area contributed by atoms with E-state index in [0.29, 0.717) is 17.4 Å². The van der Waals surface area contributed by atoms with Crippen LogP contribution in [0.15, 0.2) is 66.1 Å². The van der Waals surface area contributed by atoms with Crippen molar-refractivity contribution in [1.82, 2.24) is 14.8 Å². The molecule has 0 unspecified atom stereocenters. The first-order valence-electron chi connectivity index (χ1n) is 9.35. The first-order chi connectivity index (χ1) is 13.6. The van der Waals surface area contributed by atoms with E-state index in [-0.39, 0.29) is 17.7 Å². The molecule has 2 aliphatic rings. The van der Waals surface area contributed by atoms with E-state index in [4.69, 9.17) is 11.6 Å². The molecule has 2 heterocycles. The number of aryl methyl sites for hydroxylation is 1. The maximum atomic E-state index is 13.3. The third-order valence-corrected chi connectivity index (χ3v) is 5.85. The lowest BCUT2D eigenvalue weighted by molar-refractivity contribution is -0.116. The number of carbonyl (C=O) groups is 1. The molecule has 140 valence electrons. The van der Waals surface area contributed by atoms with Crippen molar-refractivity contribution in [2.75, 3.05) is 5.32 Å². The van der Waals surface area contributed by atoms with Crippen LogP contribution in [0, 0.1) is 6.92 Å². The van der Waals surface area contributed by atoms with Crippen molar-refractivity contribution < 1.29 is 4.79 Å². The van der Waals surface area contributed by atoms with E-state index in [2.05, 4.69) is 46.6 Å².